The number of nitrogens with one attached hydrogen (secondary N) is 1. The highest BCUT2D eigenvalue weighted by Gasteiger charge is 2.33. The van der Waals surface area contributed by atoms with Crippen LogP contribution in [-0.4, -0.2) is 22.4 Å². The molecule has 0 radical (unpaired) electrons. The minimum atomic E-state index is -0.540. The van der Waals surface area contributed by atoms with Crippen molar-refractivity contribution in [2.75, 3.05) is 11.6 Å². The average Bonchev–Trinajstić information content (AvgIpc) is 3.25. The first-order valence-corrected chi connectivity index (χ1v) is 10.6. The summed E-state index contributed by atoms with van der Waals surface area (Å²) < 4.78 is 11.7. The van der Waals surface area contributed by atoms with E-state index in [-0.39, 0.29) is 11.9 Å². The second kappa shape index (κ2) is 7.68. The molecule has 3 aromatic carbocycles. The Morgan fingerprint density at radius 2 is 1.63 bits per heavy atom. The molecule has 1 aromatic heterocycles. The number of thioether (sulfide) groups is 1. The van der Waals surface area contributed by atoms with E-state index in [4.69, 9.17) is 9.15 Å². The number of nitrogens with zero attached hydrogens (tertiary/aromatic N) is 2. The van der Waals surface area contributed by atoms with Gasteiger partial charge in [-0.05, 0) is 36.6 Å². The molecular weight excluding hydrogens is 398 g/mol. The minimum Gasteiger partial charge on any atom is -0.457 e. The largest absolute Gasteiger partial charge is 0.457 e. The van der Waals surface area contributed by atoms with Crippen LogP contribution in [-0.2, 0) is 4.79 Å². The normalized spacial score (nSPS) is 12.6. The lowest BCUT2D eigenvalue weighted by Gasteiger charge is -2.26. The number of fused-ring (bicyclic) bond motifs is 2. The van der Waals surface area contributed by atoms with Gasteiger partial charge in [0.15, 0.2) is 0 Å². The zero-order valence-corrected chi connectivity index (χ0v) is 16.8. The summed E-state index contributed by atoms with van der Waals surface area (Å²) in [4.78, 5) is 14.3. The van der Waals surface area contributed by atoms with Crippen molar-refractivity contribution in [1.29, 1.82) is 0 Å². The Hall–Kier alpha value is -3.58. The summed E-state index contributed by atoms with van der Waals surface area (Å²) in [5, 5.41) is 10.9. The molecule has 0 fully saturated rings. The molecule has 30 heavy (non-hydrogen) atoms. The summed E-state index contributed by atoms with van der Waals surface area (Å²) in [6.45, 7) is 0. The van der Waals surface area contributed by atoms with Gasteiger partial charge in [-0.15, -0.1) is 16.9 Å². The van der Waals surface area contributed by atoms with Gasteiger partial charge in [0.2, 0.25) is 11.8 Å². The maximum absolute atomic E-state index is 13.2. The number of hydrogen-bond donors (Lipinski definition) is 1. The maximum atomic E-state index is 13.2. The molecule has 1 N–H and O–H groups in total. The van der Waals surface area contributed by atoms with Crippen LogP contribution >= 0.6 is 11.8 Å². The molecular formula is C23H17N3O3S. The number of benzene rings is 3. The summed E-state index contributed by atoms with van der Waals surface area (Å²) in [5.41, 5.74) is 2.39. The standard InChI is InChI=1S/C23H17N3O3S/c1-30-15-8-6-7-14(13-15)22-25-26-23(29-22)24-21(27)20-16-9-2-4-11-18(16)28-19-12-5-3-10-17(19)20/h2-13,20H,1H3,(H,24,26,27). The Kier molecular flexibility index (Phi) is 4.72. The van der Waals surface area contributed by atoms with Crippen LogP contribution in [0, 0.1) is 0 Å². The van der Waals surface area contributed by atoms with Gasteiger partial charge in [0.25, 0.3) is 0 Å². The zero-order valence-electron chi connectivity index (χ0n) is 16.0. The van der Waals surface area contributed by atoms with Crippen LogP contribution in [0.15, 0.2) is 82.1 Å². The van der Waals surface area contributed by atoms with Crippen LogP contribution in [0.3, 0.4) is 0 Å². The molecule has 1 aliphatic heterocycles. The topological polar surface area (TPSA) is 77.2 Å². The molecule has 0 saturated carbocycles. The monoisotopic (exact) mass is 415 g/mol. The Labute approximate surface area is 177 Å². The fourth-order valence-electron chi connectivity index (χ4n) is 3.52. The highest BCUT2D eigenvalue weighted by atomic mass is 32.2. The second-order valence-electron chi connectivity index (χ2n) is 6.74. The number of aromatic nitrogens is 2. The van der Waals surface area contributed by atoms with Crippen molar-refractivity contribution in [3.8, 4) is 23.0 Å². The highest BCUT2D eigenvalue weighted by molar-refractivity contribution is 7.98. The number of hydrogen-bond acceptors (Lipinski definition) is 6. The zero-order chi connectivity index (χ0) is 20.5. The molecule has 2 heterocycles. The molecule has 0 bridgehead atoms. The number of ether oxygens (including phenoxy) is 1. The predicted molar refractivity (Wildman–Crippen MR) is 115 cm³/mol. The lowest BCUT2D eigenvalue weighted by atomic mass is 9.87. The fraction of sp³-hybridized carbons (Fsp3) is 0.0870. The van der Waals surface area contributed by atoms with Crippen molar-refractivity contribution >= 4 is 23.7 Å². The van der Waals surface area contributed by atoms with E-state index in [0.717, 1.165) is 21.6 Å². The molecule has 0 unspecified atom stereocenters. The van der Waals surface area contributed by atoms with E-state index in [1.807, 2.05) is 79.1 Å². The van der Waals surface area contributed by atoms with Crippen LogP contribution in [0.1, 0.15) is 17.0 Å². The predicted octanol–water partition coefficient (Wildman–Crippen LogP) is 5.33. The number of rotatable bonds is 4. The lowest BCUT2D eigenvalue weighted by molar-refractivity contribution is -0.117. The molecule has 7 heteroatoms. The van der Waals surface area contributed by atoms with Crippen molar-refractivity contribution in [1.82, 2.24) is 10.2 Å². The third-order valence-electron chi connectivity index (χ3n) is 4.91. The van der Waals surface area contributed by atoms with Crippen molar-refractivity contribution in [2.24, 2.45) is 0 Å². The van der Waals surface area contributed by atoms with Gasteiger partial charge in [0.1, 0.15) is 11.5 Å². The van der Waals surface area contributed by atoms with Gasteiger partial charge < -0.3 is 9.15 Å². The van der Waals surface area contributed by atoms with Crippen molar-refractivity contribution in [2.45, 2.75) is 10.8 Å². The van der Waals surface area contributed by atoms with E-state index in [2.05, 4.69) is 15.5 Å². The van der Waals surface area contributed by atoms with E-state index >= 15 is 0 Å². The third kappa shape index (κ3) is 3.33. The summed E-state index contributed by atoms with van der Waals surface area (Å²) in [5.74, 6) is 0.884. The van der Waals surface area contributed by atoms with E-state index in [1.165, 1.54) is 0 Å². The fourth-order valence-corrected chi connectivity index (χ4v) is 3.98. The lowest BCUT2D eigenvalue weighted by Crippen LogP contribution is -2.25. The number of carbonyl (C=O) groups excluding carboxylic acids is 1. The Bertz CT molecular complexity index is 1190. The highest BCUT2D eigenvalue weighted by Crippen LogP contribution is 2.44. The number of carbonyl (C=O) groups is 1. The van der Waals surface area contributed by atoms with Crippen LogP contribution in [0.25, 0.3) is 11.5 Å². The van der Waals surface area contributed by atoms with E-state index in [9.17, 15) is 4.79 Å². The number of amides is 1. The van der Waals surface area contributed by atoms with Crippen LogP contribution in [0.2, 0.25) is 0 Å². The summed E-state index contributed by atoms with van der Waals surface area (Å²) >= 11 is 1.63. The second-order valence-corrected chi connectivity index (χ2v) is 7.62. The maximum Gasteiger partial charge on any atom is 0.322 e. The van der Waals surface area contributed by atoms with Crippen LogP contribution in [0.4, 0.5) is 6.01 Å². The first kappa shape index (κ1) is 18.4. The molecule has 148 valence electrons. The van der Waals surface area contributed by atoms with Gasteiger partial charge in [-0.2, -0.15) is 0 Å². The smallest absolute Gasteiger partial charge is 0.322 e. The van der Waals surface area contributed by atoms with Gasteiger partial charge in [-0.25, -0.2) is 0 Å². The van der Waals surface area contributed by atoms with E-state index in [1.54, 1.807) is 11.8 Å². The van der Waals surface area contributed by atoms with Crippen molar-refractivity contribution in [3.63, 3.8) is 0 Å². The molecule has 0 saturated heterocycles. The molecule has 5 rings (SSSR count). The van der Waals surface area contributed by atoms with E-state index in [0.29, 0.717) is 17.4 Å². The molecule has 1 amide bonds. The molecule has 0 aliphatic carbocycles. The summed E-state index contributed by atoms with van der Waals surface area (Å²) in [6, 6.07) is 22.9. The quantitative estimate of drug-likeness (QED) is 0.454. The Balaban J connectivity index is 1.45. The number of para-hydroxylation sites is 2. The summed E-state index contributed by atoms with van der Waals surface area (Å²) in [6.07, 6.45) is 2.00. The van der Waals surface area contributed by atoms with Gasteiger partial charge in [0.05, 0.1) is 5.92 Å². The first-order chi connectivity index (χ1) is 14.7. The van der Waals surface area contributed by atoms with Crippen LogP contribution < -0.4 is 10.1 Å². The van der Waals surface area contributed by atoms with Gasteiger partial charge in [-0.1, -0.05) is 47.6 Å². The molecule has 0 atom stereocenters. The van der Waals surface area contributed by atoms with Crippen LogP contribution in [0.5, 0.6) is 11.5 Å². The molecule has 1 aliphatic rings. The SMILES string of the molecule is CSc1cccc(-c2nnc(NC(=O)C3c4ccccc4Oc4ccccc43)o2)c1. The molecule has 0 spiro atoms. The van der Waals surface area contributed by atoms with Gasteiger partial charge in [0, 0.05) is 21.6 Å². The average molecular weight is 415 g/mol. The van der Waals surface area contributed by atoms with Crippen molar-refractivity contribution < 1.29 is 13.9 Å². The minimum absolute atomic E-state index is 0.0611. The number of anilines is 1. The summed E-state index contributed by atoms with van der Waals surface area (Å²) in [7, 11) is 0. The molecule has 6 nitrogen and oxygen atoms in total. The first-order valence-electron chi connectivity index (χ1n) is 9.37. The van der Waals surface area contributed by atoms with E-state index < -0.39 is 5.92 Å². The Morgan fingerprint density at radius 1 is 0.933 bits per heavy atom. The van der Waals surface area contributed by atoms with Crippen molar-refractivity contribution in [3.05, 3.63) is 83.9 Å². The van der Waals surface area contributed by atoms with Gasteiger partial charge >= 0.3 is 6.01 Å². The Morgan fingerprint density at radius 3 is 2.33 bits per heavy atom. The molecule has 4 aromatic rings. The van der Waals surface area contributed by atoms with Gasteiger partial charge in [-0.3, -0.25) is 10.1 Å². The third-order valence-corrected chi connectivity index (χ3v) is 5.64.